The van der Waals surface area contributed by atoms with Crippen molar-refractivity contribution in [2.24, 2.45) is 0 Å². The van der Waals surface area contributed by atoms with Crippen molar-refractivity contribution >= 4 is 17.5 Å². The minimum Gasteiger partial charge on any atom is -0.292 e. The van der Waals surface area contributed by atoms with Crippen molar-refractivity contribution in [3.8, 4) is 0 Å². The van der Waals surface area contributed by atoms with Gasteiger partial charge in [-0.05, 0) is 32.1 Å². The van der Waals surface area contributed by atoms with Gasteiger partial charge >= 0.3 is 0 Å². The van der Waals surface area contributed by atoms with Gasteiger partial charge < -0.3 is 0 Å². The summed E-state index contributed by atoms with van der Waals surface area (Å²) in [5, 5.41) is 0. The van der Waals surface area contributed by atoms with Crippen LogP contribution in [0.1, 0.15) is 25.8 Å². The molecule has 4 nitrogen and oxygen atoms in total. The SMILES string of the molecule is CCN(CC)[C@H]1CC(=O)N(c2ccc(C)cc2)C1=O. The smallest absolute Gasteiger partial charge is 0.251 e. The van der Waals surface area contributed by atoms with Crippen LogP contribution in [0.5, 0.6) is 0 Å². The predicted octanol–water partition coefficient (Wildman–Crippen LogP) is 1.97. The molecule has 1 aromatic rings. The fourth-order valence-electron chi connectivity index (χ4n) is 2.53. The van der Waals surface area contributed by atoms with Crippen LogP contribution in [-0.4, -0.2) is 35.8 Å². The highest BCUT2D eigenvalue weighted by Crippen LogP contribution is 2.25. The molecular formula is C15H20N2O2. The van der Waals surface area contributed by atoms with Crippen LogP contribution in [-0.2, 0) is 9.59 Å². The van der Waals surface area contributed by atoms with E-state index in [1.807, 2.05) is 49.9 Å². The van der Waals surface area contributed by atoms with Crippen molar-refractivity contribution in [3.05, 3.63) is 29.8 Å². The molecule has 1 aromatic carbocycles. The third kappa shape index (κ3) is 2.54. The van der Waals surface area contributed by atoms with E-state index in [4.69, 9.17) is 0 Å². The van der Waals surface area contributed by atoms with E-state index < -0.39 is 0 Å². The van der Waals surface area contributed by atoms with Gasteiger partial charge in [0, 0.05) is 0 Å². The van der Waals surface area contributed by atoms with E-state index in [0.29, 0.717) is 5.69 Å². The number of anilines is 1. The Labute approximate surface area is 114 Å². The van der Waals surface area contributed by atoms with Gasteiger partial charge in [-0.3, -0.25) is 14.5 Å². The van der Waals surface area contributed by atoms with E-state index >= 15 is 0 Å². The lowest BCUT2D eigenvalue weighted by Crippen LogP contribution is -2.41. The molecule has 0 radical (unpaired) electrons. The molecule has 2 rings (SSSR count). The van der Waals surface area contributed by atoms with Gasteiger partial charge in [0.1, 0.15) is 0 Å². The zero-order chi connectivity index (χ0) is 14.0. The van der Waals surface area contributed by atoms with Gasteiger partial charge in [-0.15, -0.1) is 0 Å². The summed E-state index contributed by atoms with van der Waals surface area (Å²) < 4.78 is 0. The van der Waals surface area contributed by atoms with E-state index in [0.717, 1.165) is 18.7 Å². The number of imide groups is 1. The molecule has 1 atom stereocenters. The summed E-state index contributed by atoms with van der Waals surface area (Å²) in [5.41, 5.74) is 1.79. The van der Waals surface area contributed by atoms with E-state index in [9.17, 15) is 9.59 Å². The molecule has 1 fully saturated rings. The lowest BCUT2D eigenvalue weighted by atomic mass is 10.2. The van der Waals surface area contributed by atoms with E-state index in [-0.39, 0.29) is 24.3 Å². The quantitative estimate of drug-likeness (QED) is 0.777. The molecule has 102 valence electrons. The minimum atomic E-state index is -0.302. The van der Waals surface area contributed by atoms with Crippen LogP contribution in [0.4, 0.5) is 5.69 Å². The summed E-state index contributed by atoms with van der Waals surface area (Å²) in [6.45, 7) is 7.56. The number of aryl methyl sites for hydroxylation is 1. The Bertz CT molecular complexity index is 477. The fraction of sp³-hybridized carbons (Fsp3) is 0.467. The number of hydrogen-bond acceptors (Lipinski definition) is 3. The number of rotatable bonds is 4. The zero-order valence-corrected chi connectivity index (χ0v) is 11.7. The van der Waals surface area contributed by atoms with Gasteiger partial charge in [-0.2, -0.15) is 0 Å². The average molecular weight is 260 g/mol. The van der Waals surface area contributed by atoms with Crippen molar-refractivity contribution in [1.29, 1.82) is 0 Å². The summed E-state index contributed by atoms with van der Waals surface area (Å²) in [5.74, 6) is -0.205. The normalized spacial score (nSPS) is 19.6. The standard InChI is InChI=1S/C15H20N2O2/c1-4-16(5-2)13-10-14(18)17(15(13)19)12-8-6-11(3)7-9-12/h6-9,13H,4-5,10H2,1-3H3/t13-/m0/s1. The van der Waals surface area contributed by atoms with Crippen LogP contribution < -0.4 is 4.90 Å². The number of amides is 2. The Hall–Kier alpha value is -1.68. The van der Waals surface area contributed by atoms with Crippen molar-refractivity contribution < 1.29 is 9.59 Å². The summed E-state index contributed by atoms with van der Waals surface area (Å²) >= 11 is 0. The Morgan fingerprint density at radius 1 is 1.16 bits per heavy atom. The number of carbonyl (C=O) groups is 2. The third-order valence-electron chi connectivity index (χ3n) is 3.67. The fourth-order valence-corrected chi connectivity index (χ4v) is 2.53. The summed E-state index contributed by atoms with van der Waals surface area (Å²) in [6, 6.07) is 7.19. The first-order valence-electron chi connectivity index (χ1n) is 6.76. The molecule has 0 saturated carbocycles. The van der Waals surface area contributed by atoms with Gasteiger partial charge in [0.15, 0.2) is 0 Å². The molecule has 2 amide bonds. The van der Waals surface area contributed by atoms with E-state index in [2.05, 4.69) is 0 Å². The van der Waals surface area contributed by atoms with Crippen molar-refractivity contribution in [2.45, 2.75) is 33.2 Å². The number of carbonyl (C=O) groups excluding carboxylic acids is 2. The predicted molar refractivity (Wildman–Crippen MR) is 75.0 cm³/mol. The van der Waals surface area contributed by atoms with Crippen LogP contribution >= 0.6 is 0 Å². The minimum absolute atomic E-state index is 0.0995. The maximum atomic E-state index is 12.4. The Kier molecular flexibility index (Phi) is 4.00. The lowest BCUT2D eigenvalue weighted by Gasteiger charge is -2.24. The number of benzene rings is 1. The Morgan fingerprint density at radius 3 is 2.26 bits per heavy atom. The van der Waals surface area contributed by atoms with Gasteiger partial charge in [0.2, 0.25) is 5.91 Å². The molecule has 0 bridgehead atoms. The maximum absolute atomic E-state index is 12.4. The molecule has 1 aliphatic heterocycles. The molecule has 1 heterocycles. The van der Waals surface area contributed by atoms with E-state index in [1.54, 1.807) is 0 Å². The highest BCUT2D eigenvalue weighted by atomic mass is 16.2. The van der Waals surface area contributed by atoms with Crippen LogP contribution in [0.3, 0.4) is 0 Å². The second-order valence-corrected chi connectivity index (χ2v) is 4.84. The molecular weight excluding hydrogens is 240 g/mol. The molecule has 0 unspecified atom stereocenters. The second-order valence-electron chi connectivity index (χ2n) is 4.84. The second kappa shape index (κ2) is 5.53. The number of likely N-dealkylation sites (N-methyl/N-ethyl adjacent to an activating group) is 1. The summed E-state index contributed by atoms with van der Waals surface area (Å²) in [4.78, 5) is 27.9. The topological polar surface area (TPSA) is 40.6 Å². The highest BCUT2D eigenvalue weighted by molar-refractivity contribution is 6.22. The van der Waals surface area contributed by atoms with Crippen molar-refractivity contribution in [1.82, 2.24) is 4.90 Å². The molecule has 0 N–H and O–H groups in total. The van der Waals surface area contributed by atoms with Gasteiger partial charge in [-0.25, -0.2) is 4.90 Å². The third-order valence-corrected chi connectivity index (χ3v) is 3.67. The molecule has 0 aliphatic carbocycles. The first-order chi connectivity index (χ1) is 9.08. The van der Waals surface area contributed by atoms with Gasteiger partial charge in [-0.1, -0.05) is 31.5 Å². The summed E-state index contributed by atoms with van der Waals surface area (Å²) in [7, 11) is 0. The van der Waals surface area contributed by atoms with Crippen LogP contribution in [0.2, 0.25) is 0 Å². The zero-order valence-electron chi connectivity index (χ0n) is 11.7. The van der Waals surface area contributed by atoms with Crippen LogP contribution in [0, 0.1) is 6.92 Å². The first kappa shape index (κ1) is 13.7. The number of hydrogen-bond donors (Lipinski definition) is 0. The van der Waals surface area contributed by atoms with Crippen LogP contribution in [0.25, 0.3) is 0 Å². The average Bonchev–Trinajstić information content (AvgIpc) is 2.68. The Balaban J connectivity index is 2.26. The monoisotopic (exact) mass is 260 g/mol. The molecule has 1 saturated heterocycles. The van der Waals surface area contributed by atoms with Gasteiger partial charge in [0.25, 0.3) is 5.91 Å². The largest absolute Gasteiger partial charge is 0.292 e. The van der Waals surface area contributed by atoms with E-state index in [1.165, 1.54) is 4.90 Å². The molecule has 4 heteroatoms. The first-order valence-corrected chi connectivity index (χ1v) is 6.76. The molecule has 1 aliphatic rings. The van der Waals surface area contributed by atoms with Crippen LogP contribution in [0.15, 0.2) is 24.3 Å². The van der Waals surface area contributed by atoms with Crippen molar-refractivity contribution in [2.75, 3.05) is 18.0 Å². The van der Waals surface area contributed by atoms with Gasteiger partial charge in [0.05, 0.1) is 18.2 Å². The molecule has 19 heavy (non-hydrogen) atoms. The lowest BCUT2D eigenvalue weighted by molar-refractivity contribution is -0.122. The maximum Gasteiger partial charge on any atom is 0.251 e. The Morgan fingerprint density at radius 2 is 1.74 bits per heavy atom. The summed E-state index contributed by atoms with van der Waals surface area (Å²) in [6.07, 6.45) is 0.286. The number of nitrogens with zero attached hydrogens (tertiary/aromatic N) is 2. The highest BCUT2D eigenvalue weighted by Gasteiger charge is 2.41. The van der Waals surface area contributed by atoms with Crippen molar-refractivity contribution in [3.63, 3.8) is 0 Å². The molecule has 0 aromatic heterocycles. The molecule has 0 spiro atoms.